The van der Waals surface area contributed by atoms with E-state index in [-0.39, 0.29) is 53.4 Å². The van der Waals surface area contributed by atoms with Gasteiger partial charge in [0.25, 0.3) is 0 Å². The van der Waals surface area contributed by atoms with Crippen LogP contribution >= 0.6 is 24.8 Å². The number of hydrogen-bond donors (Lipinski definition) is 2. The fourth-order valence-electron chi connectivity index (χ4n) is 3.49. The number of halogens is 2. The molecular formula is C28H29Cl2N3O3. The van der Waals surface area contributed by atoms with Gasteiger partial charge in [0.15, 0.2) is 0 Å². The van der Waals surface area contributed by atoms with Gasteiger partial charge in [0.2, 0.25) is 5.91 Å². The number of ether oxygens (including phenoxy) is 1. The first-order valence-electron chi connectivity index (χ1n) is 13.5. The number of rotatable bonds is 7. The molecule has 36 heavy (non-hydrogen) atoms. The third-order valence-corrected chi connectivity index (χ3v) is 5.23. The van der Waals surface area contributed by atoms with E-state index in [2.05, 4.69) is 10.3 Å². The van der Waals surface area contributed by atoms with Crippen molar-refractivity contribution in [3.8, 4) is 0 Å². The van der Waals surface area contributed by atoms with Crippen LogP contribution < -0.4 is 11.1 Å². The van der Waals surface area contributed by atoms with Crippen molar-refractivity contribution >= 4 is 53.2 Å². The lowest BCUT2D eigenvalue weighted by molar-refractivity contribution is -0.117. The number of pyridine rings is 1. The standard InChI is InChI=1S/C28H27N3O3.2ClH/c1-18-3-10-25(19(2)13-18)28(33)34-17-20-4-6-21(7-5-20)26(15-29)27(32)31-24-9-8-23-16-30-12-11-22(23)14-24;;/h3-14,16,26H,15,17,29H2,1-2H3,(H,31,32);2*1H/i15D2,16D,17D2,26D;;. The van der Waals surface area contributed by atoms with Crippen molar-refractivity contribution in [3.05, 3.63) is 107 Å². The lowest BCUT2D eigenvalue weighted by Crippen LogP contribution is -2.27. The number of amides is 1. The molecule has 0 saturated heterocycles. The van der Waals surface area contributed by atoms with Crippen LogP contribution in [0.25, 0.3) is 10.8 Å². The zero-order chi connectivity index (χ0) is 29.5. The predicted octanol–water partition coefficient (Wildman–Crippen LogP) is 5.73. The van der Waals surface area contributed by atoms with Crippen molar-refractivity contribution in [2.75, 3.05) is 11.8 Å². The summed E-state index contributed by atoms with van der Waals surface area (Å²) in [6.07, 6.45) is 1.51. The number of esters is 1. The second kappa shape index (κ2) is 13.0. The Kier molecular flexibility index (Phi) is 7.49. The number of anilines is 1. The summed E-state index contributed by atoms with van der Waals surface area (Å²) < 4.78 is 54.7. The smallest absolute Gasteiger partial charge is 0.338 e. The van der Waals surface area contributed by atoms with Gasteiger partial charge < -0.3 is 15.8 Å². The highest BCUT2D eigenvalue weighted by atomic mass is 35.5. The lowest BCUT2D eigenvalue weighted by Gasteiger charge is -2.16. The van der Waals surface area contributed by atoms with Crippen molar-refractivity contribution in [1.82, 2.24) is 4.98 Å². The van der Waals surface area contributed by atoms with Crippen LogP contribution in [0, 0.1) is 13.8 Å². The zero-order valence-electron chi connectivity index (χ0n) is 25.5. The SMILES string of the molecule is Cl.Cl.[2H]c1nccc2cc(NC(=O)C([2H])(c3ccc(C([2H])([2H])OC(=O)c4ccc(C)cc4C)cc3)C([2H])([2H])N)ccc12. The first kappa shape index (κ1) is 20.7. The summed E-state index contributed by atoms with van der Waals surface area (Å²) in [5.74, 6) is -4.55. The molecule has 4 rings (SSSR count). The van der Waals surface area contributed by atoms with Gasteiger partial charge >= 0.3 is 5.97 Å². The summed E-state index contributed by atoms with van der Waals surface area (Å²) in [5.41, 5.74) is 7.53. The number of aryl methyl sites for hydroxylation is 2. The molecule has 4 aromatic rings. The van der Waals surface area contributed by atoms with Crippen LogP contribution in [-0.4, -0.2) is 23.4 Å². The van der Waals surface area contributed by atoms with Crippen LogP contribution in [-0.2, 0) is 16.1 Å². The van der Waals surface area contributed by atoms with Crippen molar-refractivity contribution in [1.29, 1.82) is 0 Å². The maximum atomic E-state index is 13.3. The molecule has 1 heterocycles. The fourth-order valence-corrected chi connectivity index (χ4v) is 3.49. The van der Waals surface area contributed by atoms with Crippen molar-refractivity contribution in [2.24, 2.45) is 5.73 Å². The molecule has 3 N–H and O–H groups in total. The van der Waals surface area contributed by atoms with Gasteiger partial charge in [0.05, 0.1) is 15.6 Å². The first-order chi connectivity index (χ1) is 18.6. The van der Waals surface area contributed by atoms with Crippen LogP contribution in [0.15, 0.2) is 79.1 Å². The number of nitrogens with one attached hydrogen (secondary N) is 1. The minimum atomic E-state index is -2.85. The number of carbonyl (C=O) groups excluding carboxylic acids is 2. The number of fused-ring (bicyclic) bond motifs is 1. The number of carbonyl (C=O) groups is 2. The van der Waals surface area contributed by atoms with Gasteiger partial charge in [-0.25, -0.2) is 4.79 Å². The van der Waals surface area contributed by atoms with Gasteiger partial charge in [-0.3, -0.25) is 9.78 Å². The largest absolute Gasteiger partial charge is 0.457 e. The first-order valence-corrected chi connectivity index (χ1v) is 10.5. The Morgan fingerprint density at radius 3 is 2.50 bits per heavy atom. The Balaban J connectivity index is 0.00000308. The minimum absolute atomic E-state index is 0. The molecule has 188 valence electrons. The highest BCUT2D eigenvalue weighted by Gasteiger charge is 2.19. The topological polar surface area (TPSA) is 94.3 Å². The van der Waals surface area contributed by atoms with Crippen LogP contribution in [0.5, 0.6) is 0 Å². The molecule has 1 atom stereocenters. The average molecular weight is 533 g/mol. The van der Waals surface area contributed by atoms with E-state index in [1.54, 1.807) is 43.3 Å². The van der Waals surface area contributed by atoms with E-state index in [9.17, 15) is 9.59 Å². The maximum absolute atomic E-state index is 13.3. The van der Waals surface area contributed by atoms with E-state index in [1.807, 2.05) is 6.92 Å². The van der Waals surface area contributed by atoms with Gasteiger partial charge in [-0.15, -0.1) is 24.8 Å². The quantitative estimate of drug-likeness (QED) is 0.297. The van der Waals surface area contributed by atoms with Crippen LogP contribution in [0.1, 0.15) is 46.7 Å². The summed E-state index contributed by atoms with van der Waals surface area (Å²) in [6.45, 7) is -1.82. The van der Waals surface area contributed by atoms with E-state index >= 15 is 0 Å². The van der Waals surface area contributed by atoms with E-state index in [0.29, 0.717) is 16.3 Å². The molecule has 0 bridgehead atoms. The number of nitrogens with zero attached hydrogens (tertiary/aromatic N) is 1. The number of hydrogen-bond acceptors (Lipinski definition) is 5. The molecule has 0 fully saturated rings. The lowest BCUT2D eigenvalue weighted by atomic mass is 9.97. The molecule has 3 aromatic carbocycles. The Hall–Kier alpha value is -3.45. The minimum Gasteiger partial charge on any atom is -0.457 e. The Morgan fingerprint density at radius 1 is 1.06 bits per heavy atom. The van der Waals surface area contributed by atoms with E-state index in [4.69, 9.17) is 18.7 Å². The van der Waals surface area contributed by atoms with Crippen molar-refractivity contribution in [3.63, 3.8) is 0 Å². The van der Waals surface area contributed by atoms with Gasteiger partial charge in [-0.2, -0.15) is 0 Å². The van der Waals surface area contributed by atoms with Crippen LogP contribution in [0.2, 0.25) is 0 Å². The van der Waals surface area contributed by atoms with Gasteiger partial charge in [-0.1, -0.05) is 48.0 Å². The second-order valence-electron chi connectivity index (χ2n) is 7.72. The summed E-state index contributed by atoms with van der Waals surface area (Å²) in [5, 5.41) is 3.69. The number of benzene rings is 3. The van der Waals surface area contributed by atoms with Crippen molar-refractivity contribution in [2.45, 2.75) is 26.3 Å². The molecule has 6 nitrogen and oxygen atoms in total. The van der Waals surface area contributed by atoms with Gasteiger partial charge in [0, 0.05) is 34.1 Å². The van der Waals surface area contributed by atoms with E-state index in [1.165, 1.54) is 36.5 Å². The maximum Gasteiger partial charge on any atom is 0.338 e. The molecular weight excluding hydrogens is 497 g/mol. The molecule has 8 heteroatoms. The molecule has 0 aliphatic heterocycles. The molecule has 0 aliphatic carbocycles. The van der Waals surface area contributed by atoms with E-state index in [0.717, 1.165) is 5.56 Å². The molecule has 0 saturated carbocycles. The highest BCUT2D eigenvalue weighted by molar-refractivity contribution is 5.98. The number of aromatic nitrogens is 1. The highest BCUT2D eigenvalue weighted by Crippen LogP contribution is 2.22. The Labute approximate surface area is 231 Å². The summed E-state index contributed by atoms with van der Waals surface area (Å²) in [7, 11) is 0. The Morgan fingerprint density at radius 2 is 1.81 bits per heavy atom. The molecule has 1 aromatic heterocycles. The number of nitrogens with two attached hydrogens (primary N) is 1. The summed E-state index contributed by atoms with van der Waals surface area (Å²) in [4.78, 5) is 29.9. The van der Waals surface area contributed by atoms with Crippen molar-refractivity contribution < 1.29 is 22.6 Å². The third-order valence-electron chi connectivity index (χ3n) is 5.23. The normalized spacial score (nSPS) is 15.2. The van der Waals surface area contributed by atoms with Gasteiger partial charge in [0.1, 0.15) is 6.56 Å². The summed E-state index contributed by atoms with van der Waals surface area (Å²) in [6, 6.07) is 16.2. The third kappa shape index (κ3) is 6.82. The molecule has 0 radical (unpaired) electrons. The molecule has 1 amide bonds. The monoisotopic (exact) mass is 531 g/mol. The van der Waals surface area contributed by atoms with Crippen LogP contribution in [0.3, 0.4) is 0 Å². The van der Waals surface area contributed by atoms with E-state index < -0.39 is 30.8 Å². The zero-order valence-corrected chi connectivity index (χ0v) is 21.1. The summed E-state index contributed by atoms with van der Waals surface area (Å²) >= 11 is 0. The second-order valence-corrected chi connectivity index (χ2v) is 7.72. The van der Waals surface area contributed by atoms with Crippen LogP contribution in [0.4, 0.5) is 5.69 Å². The van der Waals surface area contributed by atoms with Gasteiger partial charge in [-0.05, 0) is 60.2 Å². The molecule has 0 spiro atoms. The molecule has 0 aliphatic rings. The Bertz CT molecular complexity index is 1620. The fraction of sp³-hybridized carbons (Fsp3) is 0.179. The average Bonchev–Trinajstić information content (AvgIpc) is 2.87. The molecule has 1 unspecified atom stereocenters. The predicted molar refractivity (Wildman–Crippen MR) is 148 cm³/mol.